The molecule has 0 saturated heterocycles. The van der Waals surface area contributed by atoms with Crippen molar-refractivity contribution in [2.45, 2.75) is 374 Å². The van der Waals surface area contributed by atoms with Crippen molar-refractivity contribution in [3.8, 4) is 0 Å². The topological polar surface area (TPSA) is 9.72 Å². The normalized spacial score (nSPS) is 14.9. The first kappa shape index (κ1) is 107. The van der Waals surface area contributed by atoms with Crippen LogP contribution in [0.4, 0.5) is 17.1 Å². The van der Waals surface area contributed by atoms with Gasteiger partial charge in [0.25, 0.3) is 0 Å². The van der Waals surface area contributed by atoms with Gasteiger partial charge < -0.3 is 14.7 Å². The predicted octanol–water partition coefficient (Wildman–Crippen LogP) is 33.4. The fourth-order valence-corrected chi connectivity index (χ4v) is 36.0. The molecule has 2 saturated carbocycles. The zero-order valence-electron chi connectivity index (χ0n) is 91.0. The number of benzene rings is 9. The summed E-state index contributed by atoms with van der Waals surface area (Å²) in [5.74, 6) is 1.15. The third kappa shape index (κ3) is 29.0. The molecule has 0 N–H and O–H groups in total. The summed E-state index contributed by atoms with van der Waals surface area (Å²) in [5, 5.41) is 6.23. The van der Waals surface area contributed by atoms with E-state index in [1.54, 1.807) is 0 Å². The molecule has 0 spiro atoms. The molecule has 0 heterocycles. The lowest BCUT2D eigenvalue weighted by Crippen LogP contribution is -2.82. The zero-order chi connectivity index (χ0) is 97.7. The Morgan fingerprint density at radius 2 is 0.587 bits per heavy atom. The van der Waals surface area contributed by atoms with Crippen molar-refractivity contribution in [3.05, 3.63) is 282 Å². The molecule has 8 heteroatoms. The van der Waals surface area contributed by atoms with E-state index in [1.165, 1.54) is 161 Å². The van der Waals surface area contributed by atoms with Crippen LogP contribution in [0.25, 0.3) is 0 Å². The molecule has 11 rings (SSSR count). The second-order valence-electron chi connectivity index (χ2n) is 44.4. The average molecular weight is 1790 g/mol. The average Bonchev–Trinajstić information content (AvgIpc) is 0.715. The molecule has 0 bridgehead atoms. The van der Waals surface area contributed by atoms with Crippen molar-refractivity contribution >= 4 is 76.2 Å². The number of nitrogens with zero attached hydrogens (tertiary/aromatic N) is 3. The molecule has 0 aromatic heterocycles. The Bertz CT molecular complexity index is 4310. The van der Waals surface area contributed by atoms with Crippen molar-refractivity contribution in [1.29, 1.82) is 0 Å². The molecule has 2 fully saturated rings. The molecule has 126 heavy (non-hydrogen) atoms. The van der Waals surface area contributed by atoms with Gasteiger partial charge in [0, 0.05) is 79.2 Å². The molecule has 696 valence electrons. The van der Waals surface area contributed by atoms with Crippen LogP contribution >= 0.6 is 0 Å². The maximum Gasteiger partial charge on any atom is 0.118 e. The van der Waals surface area contributed by atoms with Crippen LogP contribution < -0.4 is 35.4 Å². The molecule has 0 aliphatic heterocycles. The van der Waals surface area contributed by atoms with Crippen LogP contribution in [0.2, 0.25) is 72.0 Å². The van der Waals surface area contributed by atoms with Crippen molar-refractivity contribution in [2.24, 2.45) is 21.7 Å². The highest BCUT2D eigenvalue weighted by atomic mass is 29.3. The lowest BCUT2D eigenvalue weighted by Gasteiger charge is -2.45. The Kier molecular flexibility index (Phi) is 41.5. The predicted molar refractivity (Wildman–Crippen MR) is 587 cm³/mol. The van der Waals surface area contributed by atoms with Gasteiger partial charge in [-0.1, -0.05) is 524 Å². The Morgan fingerprint density at radius 3 is 0.817 bits per heavy atom. The number of hydrogen-bond acceptors (Lipinski definition) is 3. The molecule has 0 radical (unpaired) electrons. The first-order valence-electron chi connectivity index (χ1n) is 50.7. The smallest absolute Gasteiger partial charge is 0.118 e. The standard InChI is InChI=1S/C26H26Si2.C20H33N.C17H22Si.C16H25N.C12H26.C11H17N.C10H22.C6H18Si2/c1-27(23-15-7-3-8-16-23,24-17-9-4-10-18-24)28(2,25-19-11-5-12-20-25)26-21-13-6-14-22-26;1-15(2)17-11-10-12-18(16(3)4)19(17)21(6)20(5)13-8-7-9-14-20;1-17(18(2,3)4,15-11-7-5-8-12-15)16-13-9-6-10-14-16;1-13-9-8-10-14(2)15(13)17(4)16(3)11-6-5-7-12-16;1-7-11(5,8-2)12(6,9-3)10-4;1-11(2,3)12(4)10-8-6-5-7-9-10;1-7-10(6,8-2)9(3,4)5;1-7(2,3)8(4,5)6/h3-22H,1-2H3;10-12,15-16H,7-9,13-14H2,1-6H3;5-14H,1-4H3;8-10H,5-7,11-12H2,1-4H3;7-10H2,1-6H3;5-9H,1-4H3;7-8H2,1-6H3;1-6H3/i;;;;;;3D3;. The minimum atomic E-state index is -2.10. The van der Waals surface area contributed by atoms with E-state index in [1.807, 2.05) is 19.9 Å². The minimum Gasteiger partial charge on any atom is -0.370 e. The number of anilines is 3. The van der Waals surface area contributed by atoms with Gasteiger partial charge in [-0.05, 0) is 153 Å². The summed E-state index contributed by atoms with van der Waals surface area (Å²) in [6, 6.07) is 90.8. The van der Waals surface area contributed by atoms with Gasteiger partial charge in [0.2, 0.25) is 0 Å². The molecule has 2 aliphatic carbocycles. The fraction of sp³-hybridized carbons (Fsp3) is 0.542. The summed E-state index contributed by atoms with van der Waals surface area (Å²) in [4.78, 5) is 7.43. The summed E-state index contributed by atoms with van der Waals surface area (Å²) >= 11 is 0. The number of para-hydroxylation sites is 3. The highest BCUT2D eigenvalue weighted by molar-refractivity contribution is 7.59. The lowest BCUT2D eigenvalue weighted by atomic mass is 9.60. The summed E-state index contributed by atoms with van der Waals surface area (Å²) in [6.45, 7) is 77.3. The van der Waals surface area contributed by atoms with E-state index in [9.17, 15) is 0 Å². The molecule has 0 unspecified atom stereocenters. The summed E-state index contributed by atoms with van der Waals surface area (Å²) in [6.07, 6.45) is 20.7. The maximum atomic E-state index is 7.53. The van der Waals surface area contributed by atoms with Crippen molar-refractivity contribution in [2.75, 3.05) is 35.8 Å². The van der Waals surface area contributed by atoms with E-state index in [0.717, 1.165) is 12.8 Å². The van der Waals surface area contributed by atoms with Crippen LogP contribution in [-0.2, 0) is 5.04 Å². The first-order chi connectivity index (χ1) is 59.9. The second-order valence-corrected chi connectivity index (χ2v) is 80.7. The number of rotatable bonds is 23. The highest BCUT2D eigenvalue weighted by Gasteiger charge is 2.53. The van der Waals surface area contributed by atoms with Gasteiger partial charge >= 0.3 is 0 Å². The molecule has 3 nitrogen and oxygen atoms in total. The summed E-state index contributed by atoms with van der Waals surface area (Å²) in [7, 11) is -0.298. The monoisotopic (exact) mass is 1790 g/mol. The summed E-state index contributed by atoms with van der Waals surface area (Å²) < 4.78 is 22.6. The molecule has 0 amide bonds. The Balaban J connectivity index is 0.000000317. The third-order valence-corrected chi connectivity index (χ3v) is 71.6. The van der Waals surface area contributed by atoms with Crippen LogP contribution in [0.5, 0.6) is 0 Å². The SMILES string of the molecule is CC(C)c1cccc(C(C)C)c1N(C)C1(C)CCCCC1.CC(c1ccccc1)(c1ccccc1)[Si](C)(C)C.CCC(C)(CC)C(C)(CC)CC.CN(c1ccccc1)C(C)(C)C.C[Si](C)(C)[Si](C)(C)C.C[Si](c1ccccc1)(c1ccccc1)[Si](C)(c1ccccc1)c1ccccc1.Cc1cccc(C)c1N(C)C1(C)CCCCC1.[2H]C([2H])([2H])C(C)(C)C(C)(CC)CC. The zero-order valence-corrected chi connectivity index (χ0v) is 93.0. The van der Waals surface area contributed by atoms with Crippen molar-refractivity contribution in [3.63, 3.8) is 0 Å². The van der Waals surface area contributed by atoms with Crippen molar-refractivity contribution < 1.29 is 4.11 Å². The van der Waals surface area contributed by atoms with Gasteiger partial charge in [0.1, 0.15) is 15.2 Å². The van der Waals surface area contributed by atoms with Gasteiger partial charge in [0.05, 0.1) is 8.07 Å². The Morgan fingerprint density at radius 1 is 0.333 bits per heavy atom. The summed E-state index contributed by atoms with van der Waals surface area (Å²) in [5.41, 5.74) is 14.2. The fourth-order valence-electron chi connectivity index (χ4n) is 18.6. The van der Waals surface area contributed by atoms with Crippen LogP contribution in [0.15, 0.2) is 249 Å². The molecule has 9 aromatic rings. The van der Waals surface area contributed by atoms with E-state index < -0.39 is 50.7 Å². The van der Waals surface area contributed by atoms with E-state index >= 15 is 0 Å². The van der Waals surface area contributed by atoms with Gasteiger partial charge in [-0.3, -0.25) is 0 Å². The van der Waals surface area contributed by atoms with E-state index in [0.29, 0.717) is 33.7 Å². The van der Waals surface area contributed by atoms with Gasteiger partial charge in [-0.2, -0.15) is 0 Å². The van der Waals surface area contributed by atoms with Crippen molar-refractivity contribution in [1.82, 2.24) is 0 Å². The molecular weight excluding hydrogens is 1600 g/mol. The first-order valence-corrected chi connectivity index (χ1v) is 66.7. The van der Waals surface area contributed by atoms with E-state index in [4.69, 9.17) is 4.11 Å². The quantitative estimate of drug-likeness (QED) is 0.0591. The maximum absolute atomic E-state index is 7.53. The number of hydrogen-bond donors (Lipinski definition) is 0. The largest absolute Gasteiger partial charge is 0.370 e. The van der Waals surface area contributed by atoms with Gasteiger partial charge in [-0.15, -0.1) is 0 Å². The molecule has 9 aromatic carbocycles. The molecule has 2 aliphatic rings. The van der Waals surface area contributed by atoms with Crippen LogP contribution in [0, 0.1) is 35.5 Å². The lowest BCUT2D eigenvalue weighted by molar-refractivity contribution is 0.0500. The number of aryl methyl sites for hydroxylation is 2. The highest BCUT2D eigenvalue weighted by Crippen LogP contribution is 2.50. The minimum absolute atomic E-state index is 0.0990. The van der Waals surface area contributed by atoms with Crippen LogP contribution in [0.1, 0.15) is 304 Å². The Hall–Kier alpha value is -6.54. The Labute approximate surface area is 788 Å². The molecular formula is C118H189N3Si5. The van der Waals surface area contributed by atoms with Gasteiger partial charge in [-0.25, -0.2) is 0 Å². The van der Waals surface area contributed by atoms with E-state index in [-0.39, 0.29) is 16.0 Å². The van der Waals surface area contributed by atoms with Crippen LogP contribution in [-0.4, -0.2) is 76.2 Å². The molecule has 0 atom stereocenters. The second kappa shape index (κ2) is 49.1. The van der Waals surface area contributed by atoms with Crippen LogP contribution in [0.3, 0.4) is 0 Å². The third-order valence-electron chi connectivity index (χ3n) is 32.6. The van der Waals surface area contributed by atoms with Gasteiger partial charge in [0.15, 0.2) is 0 Å². The van der Waals surface area contributed by atoms with E-state index in [2.05, 4.69) is 496 Å².